The lowest BCUT2D eigenvalue weighted by Crippen LogP contribution is -2.25. The van der Waals surface area contributed by atoms with Crippen LogP contribution in [0.25, 0.3) is 0 Å². The molecule has 5 nitrogen and oxygen atoms in total. The summed E-state index contributed by atoms with van der Waals surface area (Å²) in [5, 5.41) is 5.14. The summed E-state index contributed by atoms with van der Waals surface area (Å²) < 4.78 is 28.5. The Kier molecular flexibility index (Phi) is 4.67. The number of primary sulfonamides is 1. The Balaban J connectivity index is 2.14. The summed E-state index contributed by atoms with van der Waals surface area (Å²) in [6, 6.07) is 4.73. The maximum Gasteiger partial charge on any atom is 0.241 e. The van der Waals surface area contributed by atoms with E-state index in [-0.39, 0.29) is 16.4 Å². The van der Waals surface area contributed by atoms with Gasteiger partial charge in [0.1, 0.15) is 10.6 Å². The zero-order chi connectivity index (χ0) is 14.8. The molecule has 7 heteroatoms. The summed E-state index contributed by atoms with van der Waals surface area (Å²) in [5.41, 5.74) is 0.701. The lowest BCUT2D eigenvalue weighted by atomic mass is 10.0. The molecule has 2 N–H and O–H groups in total. The lowest BCUT2D eigenvalue weighted by Gasteiger charge is -2.10. The molecule has 0 saturated heterocycles. The zero-order valence-electron chi connectivity index (χ0n) is 10.8. The molecule has 1 heterocycles. The molecule has 0 spiro atoms. The fraction of sp³-hybridized carbons (Fsp3) is 0.462. The van der Waals surface area contributed by atoms with Gasteiger partial charge in [-0.3, -0.25) is 4.79 Å². The minimum Gasteiger partial charge on any atom is -0.481 e. The molecule has 1 aliphatic rings. The molecular weight excluding hydrogens is 302 g/mol. The van der Waals surface area contributed by atoms with Crippen molar-refractivity contribution in [2.75, 3.05) is 5.88 Å². The molecule has 1 aliphatic heterocycles. The number of halogens is 1. The zero-order valence-corrected chi connectivity index (χ0v) is 12.4. The van der Waals surface area contributed by atoms with Crippen LogP contribution in [-0.2, 0) is 21.2 Å². The number of Topliss-reactive ketones (excluding diaryl/α,β-unsaturated/α-hetero) is 1. The van der Waals surface area contributed by atoms with E-state index in [9.17, 15) is 13.2 Å². The number of fused-ring (bicyclic) bond motifs is 1. The third-order valence-electron chi connectivity index (χ3n) is 3.20. The number of ether oxygens (including phenoxy) is 1. The molecule has 2 rings (SSSR count). The molecule has 0 radical (unpaired) electrons. The van der Waals surface area contributed by atoms with Crippen LogP contribution in [0.3, 0.4) is 0 Å². The van der Waals surface area contributed by atoms with E-state index in [2.05, 4.69) is 0 Å². The minimum absolute atomic E-state index is 0.0355. The van der Waals surface area contributed by atoms with Gasteiger partial charge in [-0.05, 0) is 24.5 Å². The van der Waals surface area contributed by atoms with Crippen LogP contribution >= 0.6 is 11.6 Å². The largest absolute Gasteiger partial charge is 0.481 e. The Morgan fingerprint density at radius 3 is 2.80 bits per heavy atom. The number of para-hydroxylation sites is 1. The molecule has 0 saturated carbocycles. The van der Waals surface area contributed by atoms with Gasteiger partial charge in [-0.2, -0.15) is 0 Å². The van der Waals surface area contributed by atoms with Crippen LogP contribution in [0.5, 0.6) is 5.75 Å². The second-order valence-corrected chi connectivity index (χ2v) is 6.62. The molecule has 1 aromatic rings. The number of sulfonamides is 1. The number of unbranched alkanes of at least 4 members (excludes halogenated alkanes) is 1. The summed E-state index contributed by atoms with van der Waals surface area (Å²) in [7, 11) is -3.85. The minimum atomic E-state index is -3.85. The van der Waals surface area contributed by atoms with Gasteiger partial charge in [0, 0.05) is 18.7 Å². The van der Waals surface area contributed by atoms with Gasteiger partial charge in [-0.15, -0.1) is 11.6 Å². The molecule has 0 aliphatic carbocycles. The number of benzene rings is 1. The Morgan fingerprint density at radius 2 is 2.15 bits per heavy atom. The summed E-state index contributed by atoms with van der Waals surface area (Å²) >= 11 is 5.57. The first kappa shape index (κ1) is 15.3. The van der Waals surface area contributed by atoms with Crippen LogP contribution in [0, 0.1) is 0 Å². The van der Waals surface area contributed by atoms with Gasteiger partial charge in [0.25, 0.3) is 0 Å². The van der Waals surface area contributed by atoms with E-state index in [0.717, 1.165) is 6.42 Å². The van der Waals surface area contributed by atoms with Crippen molar-refractivity contribution in [3.8, 4) is 5.75 Å². The number of carbonyl (C=O) groups excluding carboxylic acids is 1. The first-order chi connectivity index (χ1) is 9.43. The van der Waals surface area contributed by atoms with Gasteiger partial charge in [-0.1, -0.05) is 12.1 Å². The Bertz CT molecular complexity index is 615. The van der Waals surface area contributed by atoms with Crippen LogP contribution in [0.15, 0.2) is 23.1 Å². The summed E-state index contributed by atoms with van der Waals surface area (Å²) in [6.07, 6.45) is 1.63. The van der Waals surface area contributed by atoms with E-state index in [1.165, 1.54) is 6.07 Å². The van der Waals surface area contributed by atoms with Crippen molar-refractivity contribution >= 4 is 27.4 Å². The molecule has 1 unspecified atom stereocenters. The summed E-state index contributed by atoms with van der Waals surface area (Å²) in [5.74, 6) is 0.701. The van der Waals surface area contributed by atoms with Crippen molar-refractivity contribution < 1.29 is 17.9 Å². The number of rotatable bonds is 6. The Labute approximate surface area is 123 Å². The van der Waals surface area contributed by atoms with E-state index >= 15 is 0 Å². The van der Waals surface area contributed by atoms with Crippen LogP contribution in [-0.4, -0.2) is 26.2 Å². The van der Waals surface area contributed by atoms with E-state index in [1.807, 2.05) is 0 Å². The fourth-order valence-electron chi connectivity index (χ4n) is 2.20. The highest BCUT2D eigenvalue weighted by Crippen LogP contribution is 2.35. The van der Waals surface area contributed by atoms with Gasteiger partial charge in [0.2, 0.25) is 10.0 Å². The van der Waals surface area contributed by atoms with E-state index in [1.54, 1.807) is 12.1 Å². The van der Waals surface area contributed by atoms with Gasteiger partial charge in [0.05, 0.1) is 0 Å². The first-order valence-electron chi connectivity index (χ1n) is 6.33. The van der Waals surface area contributed by atoms with Gasteiger partial charge < -0.3 is 4.74 Å². The summed E-state index contributed by atoms with van der Waals surface area (Å²) in [4.78, 5) is 11.9. The molecule has 0 bridgehead atoms. The molecule has 20 heavy (non-hydrogen) atoms. The molecule has 0 amide bonds. The number of carbonyl (C=O) groups is 1. The molecule has 1 aromatic carbocycles. The predicted octanol–water partition coefficient (Wildman–Crippen LogP) is 1.62. The van der Waals surface area contributed by atoms with Crippen molar-refractivity contribution in [3.05, 3.63) is 23.8 Å². The van der Waals surface area contributed by atoms with Crippen LogP contribution < -0.4 is 9.88 Å². The lowest BCUT2D eigenvalue weighted by molar-refractivity contribution is -0.125. The predicted molar refractivity (Wildman–Crippen MR) is 75.5 cm³/mol. The molecule has 0 fully saturated rings. The van der Waals surface area contributed by atoms with Crippen molar-refractivity contribution in [2.24, 2.45) is 5.14 Å². The van der Waals surface area contributed by atoms with Crippen molar-refractivity contribution in [1.82, 2.24) is 0 Å². The quantitative estimate of drug-likeness (QED) is 0.638. The highest BCUT2D eigenvalue weighted by molar-refractivity contribution is 7.89. The fourth-order valence-corrected chi connectivity index (χ4v) is 3.09. The Hall–Kier alpha value is -1.11. The van der Waals surface area contributed by atoms with Crippen molar-refractivity contribution in [3.63, 3.8) is 0 Å². The number of nitrogens with two attached hydrogens (primary N) is 1. The average molecular weight is 318 g/mol. The van der Waals surface area contributed by atoms with Crippen LogP contribution in [0.4, 0.5) is 0 Å². The second-order valence-electron chi connectivity index (χ2n) is 4.71. The van der Waals surface area contributed by atoms with Gasteiger partial charge >= 0.3 is 0 Å². The van der Waals surface area contributed by atoms with Gasteiger partial charge in [-0.25, -0.2) is 13.6 Å². The topological polar surface area (TPSA) is 86.5 Å². The van der Waals surface area contributed by atoms with Gasteiger partial charge in [0.15, 0.2) is 11.9 Å². The highest BCUT2D eigenvalue weighted by Gasteiger charge is 2.32. The normalized spacial score (nSPS) is 17.6. The molecule has 0 aromatic heterocycles. The summed E-state index contributed by atoms with van der Waals surface area (Å²) in [6.45, 7) is 0. The van der Waals surface area contributed by atoms with E-state index < -0.39 is 16.1 Å². The molecule has 110 valence electrons. The third kappa shape index (κ3) is 3.31. The smallest absolute Gasteiger partial charge is 0.241 e. The SMILES string of the molecule is NS(=O)(=O)c1cccc2c1OC(C(=O)CCCCCl)C2. The Morgan fingerprint density at radius 1 is 1.40 bits per heavy atom. The van der Waals surface area contributed by atoms with Crippen molar-refractivity contribution in [1.29, 1.82) is 0 Å². The van der Waals surface area contributed by atoms with Crippen LogP contribution in [0.1, 0.15) is 24.8 Å². The number of ketones is 1. The monoisotopic (exact) mass is 317 g/mol. The molecular formula is C13H16ClNO4S. The second kappa shape index (κ2) is 6.11. The van der Waals surface area contributed by atoms with E-state index in [0.29, 0.717) is 30.7 Å². The third-order valence-corrected chi connectivity index (χ3v) is 4.40. The maximum atomic E-state index is 12.0. The standard InChI is InChI=1S/C13H16ClNO4S/c14-7-2-1-5-10(16)11-8-9-4-3-6-12(13(9)19-11)20(15,17)18/h3-4,6,11H,1-2,5,7-8H2,(H2,15,17,18). The maximum absolute atomic E-state index is 12.0. The number of hydrogen-bond donors (Lipinski definition) is 1. The van der Waals surface area contributed by atoms with E-state index in [4.69, 9.17) is 21.5 Å². The van der Waals surface area contributed by atoms with Crippen molar-refractivity contribution in [2.45, 2.75) is 36.7 Å². The first-order valence-corrected chi connectivity index (χ1v) is 8.41. The highest BCUT2D eigenvalue weighted by atomic mass is 35.5. The van der Waals surface area contributed by atoms with Crippen LogP contribution in [0.2, 0.25) is 0 Å². The number of alkyl halides is 1. The number of hydrogen-bond acceptors (Lipinski definition) is 4. The average Bonchev–Trinajstić information content (AvgIpc) is 2.81. The molecule has 1 atom stereocenters.